The van der Waals surface area contributed by atoms with Gasteiger partial charge in [-0.05, 0) is 35.0 Å². The number of likely N-dealkylation sites (tertiary alicyclic amines) is 1. The van der Waals surface area contributed by atoms with E-state index < -0.39 is 0 Å². The average molecular weight is 431 g/mol. The summed E-state index contributed by atoms with van der Waals surface area (Å²) in [7, 11) is 0. The number of carbonyl (C=O) groups excluding carboxylic acids is 1. The van der Waals surface area contributed by atoms with Gasteiger partial charge in [-0.15, -0.1) is 0 Å². The first-order valence-electron chi connectivity index (χ1n) is 11.8. The number of rotatable bonds is 5. The Balaban J connectivity index is 1.07. The number of amides is 1. The molecule has 3 aromatic rings. The van der Waals surface area contributed by atoms with Crippen molar-refractivity contribution < 1.29 is 14.4 Å². The molecule has 0 bridgehead atoms. The quantitative estimate of drug-likeness (QED) is 0.676. The number of piperazine rings is 1. The van der Waals surface area contributed by atoms with E-state index in [1.54, 1.807) is 4.90 Å². The maximum atomic E-state index is 12.7. The number of nitrogens with zero attached hydrogens (tertiary/aromatic N) is 2. The third kappa shape index (κ3) is 4.73. The molecule has 0 aromatic heterocycles. The normalized spacial score (nSPS) is 18.1. The minimum atomic E-state index is 0.0977. The lowest BCUT2D eigenvalue weighted by Gasteiger charge is -2.40. The summed E-state index contributed by atoms with van der Waals surface area (Å²) in [4.78, 5) is 18.9. The first-order chi connectivity index (χ1) is 15.8. The van der Waals surface area contributed by atoms with Gasteiger partial charge in [0.25, 0.3) is 5.91 Å². The van der Waals surface area contributed by atoms with E-state index >= 15 is 0 Å². The van der Waals surface area contributed by atoms with E-state index in [2.05, 4.69) is 47.4 Å². The second-order valence-electron chi connectivity index (χ2n) is 8.93. The minimum Gasteiger partial charge on any atom is -0.484 e. The van der Waals surface area contributed by atoms with Crippen LogP contribution in [0.25, 0.3) is 10.8 Å². The third-order valence-corrected chi connectivity index (χ3v) is 7.04. The van der Waals surface area contributed by atoms with Gasteiger partial charge in [-0.25, -0.2) is 0 Å². The molecule has 0 atom stereocenters. The van der Waals surface area contributed by atoms with Gasteiger partial charge in [0, 0.05) is 31.6 Å². The molecule has 0 radical (unpaired) electrons. The number of hydrogen-bond donors (Lipinski definition) is 1. The summed E-state index contributed by atoms with van der Waals surface area (Å²) in [6.07, 6.45) is 2.17. The molecule has 2 saturated heterocycles. The largest absolute Gasteiger partial charge is 0.484 e. The Morgan fingerprint density at radius 2 is 1.53 bits per heavy atom. The van der Waals surface area contributed by atoms with Crippen LogP contribution in [0.15, 0.2) is 72.8 Å². The average Bonchev–Trinajstić information content (AvgIpc) is 2.88. The fourth-order valence-electron chi connectivity index (χ4n) is 5.13. The summed E-state index contributed by atoms with van der Waals surface area (Å²) in [5.74, 6) is 0.855. The molecule has 3 aromatic carbocycles. The molecule has 166 valence electrons. The number of benzene rings is 3. The highest BCUT2D eigenvalue weighted by molar-refractivity contribution is 5.84. The van der Waals surface area contributed by atoms with Gasteiger partial charge in [0.15, 0.2) is 6.61 Å². The second kappa shape index (κ2) is 9.61. The summed E-state index contributed by atoms with van der Waals surface area (Å²) in [5, 5.41) is 2.31. The van der Waals surface area contributed by atoms with Gasteiger partial charge in [-0.2, -0.15) is 0 Å². The van der Waals surface area contributed by atoms with Gasteiger partial charge in [0.05, 0.1) is 32.2 Å². The first-order valence-corrected chi connectivity index (χ1v) is 11.8. The number of carbonyl (C=O) groups is 1. The summed E-state index contributed by atoms with van der Waals surface area (Å²) in [6, 6.07) is 25.6. The van der Waals surface area contributed by atoms with Crippen LogP contribution in [0.3, 0.4) is 0 Å². The van der Waals surface area contributed by atoms with Crippen LogP contribution in [0.2, 0.25) is 0 Å². The molecule has 2 aliphatic heterocycles. The van der Waals surface area contributed by atoms with Crippen LogP contribution in [0, 0.1) is 0 Å². The van der Waals surface area contributed by atoms with Crippen molar-refractivity contribution in [2.45, 2.75) is 18.9 Å². The third-order valence-electron chi connectivity index (χ3n) is 7.04. The zero-order valence-electron chi connectivity index (χ0n) is 18.6. The highest BCUT2D eigenvalue weighted by atomic mass is 16.5. The van der Waals surface area contributed by atoms with Crippen LogP contribution in [0.1, 0.15) is 12.8 Å². The number of quaternary nitrogens is 1. The maximum absolute atomic E-state index is 12.7. The smallest absolute Gasteiger partial charge is 0.260 e. The Morgan fingerprint density at radius 3 is 2.28 bits per heavy atom. The number of fused-ring (bicyclic) bond motifs is 1. The molecule has 0 aliphatic carbocycles. The molecule has 2 aliphatic rings. The van der Waals surface area contributed by atoms with Crippen molar-refractivity contribution in [2.24, 2.45) is 0 Å². The highest BCUT2D eigenvalue weighted by Gasteiger charge is 2.32. The van der Waals surface area contributed by atoms with Gasteiger partial charge >= 0.3 is 0 Å². The minimum absolute atomic E-state index is 0.0977. The van der Waals surface area contributed by atoms with Crippen molar-refractivity contribution in [3.8, 4) is 5.75 Å². The highest BCUT2D eigenvalue weighted by Crippen LogP contribution is 2.21. The maximum Gasteiger partial charge on any atom is 0.260 e. The zero-order valence-corrected chi connectivity index (χ0v) is 18.6. The Kier molecular flexibility index (Phi) is 6.26. The summed E-state index contributed by atoms with van der Waals surface area (Å²) in [5.41, 5.74) is 1.33. The fourth-order valence-corrected chi connectivity index (χ4v) is 5.13. The van der Waals surface area contributed by atoms with Crippen molar-refractivity contribution in [1.29, 1.82) is 0 Å². The standard InChI is InChI=1S/C27H31N3O2/c31-27(21-32-26-11-10-22-6-4-5-7-23(22)20-26)30-14-12-25(13-15-30)29-18-16-28(17-19-29)24-8-2-1-3-9-24/h1-11,20,25H,12-19,21H2/p+1. The van der Waals surface area contributed by atoms with Crippen LogP contribution in [-0.4, -0.2) is 62.7 Å². The SMILES string of the molecule is O=C(COc1ccc2ccccc2c1)N1CCC([NH+]2CCN(c3ccccc3)CC2)CC1. The summed E-state index contributed by atoms with van der Waals surface area (Å²) < 4.78 is 5.82. The van der Waals surface area contributed by atoms with Crippen LogP contribution in [-0.2, 0) is 4.79 Å². The Labute approximate surface area is 190 Å². The molecule has 2 fully saturated rings. The van der Waals surface area contributed by atoms with Crippen molar-refractivity contribution in [3.05, 3.63) is 72.8 Å². The van der Waals surface area contributed by atoms with Crippen LogP contribution in [0.5, 0.6) is 5.75 Å². The lowest BCUT2D eigenvalue weighted by molar-refractivity contribution is -0.927. The fraction of sp³-hybridized carbons (Fsp3) is 0.370. The molecular weight excluding hydrogens is 398 g/mol. The van der Waals surface area contributed by atoms with Gasteiger partial charge in [-0.3, -0.25) is 4.79 Å². The van der Waals surface area contributed by atoms with Crippen molar-refractivity contribution in [2.75, 3.05) is 50.8 Å². The van der Waals surface area contributed by atoms with Gasteiger partial charge in [0.1, 0.15) is 5.75 Å². The number of hydrogen-bond acceptors (Lipinski definition) is 3. The van der Waals surface area contributed by atoms with Crippen molar-refractivity contribution in [1.82, 2.24) is 4.90 Å². The number of anilines is 1. The van der Waals surface area contributed by atoms with Crippen LogP contribution in [0.4, 0.5) is 5.69 Å². The number of para-hydroxylation sites is 1. The Morgan fingerprint density at radius 1 is 0.844 bits per heavy atom. The Bertz CT molecular complexity index is 1040. The van der Waals surface area contributed by atoms with Crippen LogP contribution >= 0.6 is 0 Å². The predicted octanol–water partition coefficient (Wildman–Crippen LogP) is 2.61. The first kappa shape index (κ1) is 20.8. The van der Waals surface area contributed by atoms with E-state index in [0.29, 0.717) is 6.04 Å². The Hall–Kier alpha value is -3.05. The monoisotopic (exact) mass is 430 g/mol. The van der Waals surface area contributed by atoms with E-state index in [1.165, 1.54) is 24.2 Å². The molecule has 32 heavy (non-hydrogen) atoms. The number of nitrogens with one attached hydrogen (secondary N) is 1. The second-order valence-corrected chi connectivity index (χ2v) is 8.93. The van der Waals surface area contributed by atoms with Gasteiger partial charge in [-0.1, -0.05) is 48.5 Å². The molecule has 0 saturated carbocycles. The van der Waals surface area contributed by atoms with E-state index in [4.69, 9.17) is 4.74 Å². The summed E-state index contributed by atoms with van der Waals surface area (Å²) in [6.45, 7) is 6.38. The number of piperidine rings is 1. The van der Waals surface area contributed by atoms with Gasteiger partial charge in [0.2, 0.25) is 0 Å². The van der Waals surface area contributed by atoms with Crippen molar-refractivity contribution >= 4 is 22.4 Å². The zero-order chi connectivity index (χ0) is 21.8. The lowest BCUT2D eigenvalue weighted by atomic mass is 10.0. The van der Waals surface area contributed by atoms with E-state index in [1.807, 2.05) is 35.2 Å². The summed E-state index contributed by atoms with van der Waals surface area (Å²) >= 11 is 0. The van der Waals surface area contributed by atoms with E-state index in [0.717, 1.165) is 50.2 Å². The molecular formula is C27H32N3O2+. The predicted molar refractivity (Wildman–Crippen MR) is 128 cm³/mol. The molecule has 5 heteroatoms. The molecule has 1 amide bonds. The molecule has 5 nitrogen and oxygen atoms in total. The molecule has 1 N–H and O–H groups in total. The molecule has 0 unspecified atom stereocenters. The molecule has 0 spiro atoms. The van der Waals surface area contributed by atoms with Gasteiger partial charge < -0.3 is 19.4 Å². The van der Waals surface area contributed by atoms with E-state index in [9.17, 15) is 4.79 Å². The topological polar surface area (TPSA) is 37.2 Å². The van der Waals surface area contributed by atoms with Crippen LogP contribution < -0.4 is 14.5 Å². The molecule has 2 heterocycles. The lowest BCUT2D eigenvalue weighted by Crippen LogP contribution is -3.18. The van der Waals surface area contributed by atoms with Crippen molar-refractivity contribution in [3.63, 3.8) is 0 Å². The number of ether oxygens (including phenoxy) is 1. The molecule has 5 rings (SSSR count). The van der Waals surface area contributed by atoms with E-state index in [-0.39, 0.29) is 12.5 Å².